The van der Waals surface area contributed by atoms with E-state index in [1.54, 1.807) is 13.2 Å². The van der Waals surface area contributed by atoms with Gasteiger partial charge in [0.2, 0.25) is 5.95 Å². The Labute approximate surface area is 160 Å². The van der Waals surface area contributed by atoms with Crippen molar-refractivity contribution >= 4 is 22.8 Å². The van der Waals surface area contributed by atoms with Crippen LogP contribution in [0, 0.1) is 6.92 Å². The summed E-state index contributed by atoms with van der Waals surface area (Å²) in [5.41, 5.74) is 2.43. The lowest BCUT2D eigenvalue weighted by molar-refractivity contribution is 0.171. The van der Waals surface area contributed by atoms with E-state index < -0.39 is 5.83 Å². The molecule has 0 spiro atoms. The van der Waals surface area contributed by atoms with Crippen LogP contribution >= 0.6 is 0 Å². The number of aromatic nitrogens is 4. The van der Waals surface area contributed by atoms with E-state index in [1.807, 2.05) is 19.1 Å². The van der Waals surface area contributed by atoms with Crippen LogP contribution in [0.5, 0.6) is 11.5 Å². The Morgan fingerprint density at radius 3 is 2.75 bits per heavy atom. The van der Waals surface area contributed by atoms with Gasteiger partial charge in [-0.2, -0.15) is 4.98 Å². The summed E-state index contributed by atoms with van der Waals surface area (Å²) in [7, 11) is 1.63. The third-order valence-electron chi connectivity index (χ3n) is 4.63. The second-order valence-electron chi connectivity index (χ2n) is 6.60. The highest BCUT2D eigenvalue weighted by molar-refractivity contribution is 5.73. The molecule has 8 nitrogen and oxygen atoms in total. The fourth-order valence-corrected chi connectivity index (χ4v) is 3.12. The molecule has 0 saturated heterocycles. The van der Waals surface area contributed by atoms with E-state index in [-0.39, 0.29) is 18.7 Å². The number of nitrogens with zero attached hydrogens (tertiary/aromatic N) is 4. The molecule has 1 aliphatic heterocycles. The third kappa shape index (κ3) is 3.19. The molecule has 4 rings (SSSR count). The van der Waals surface area contributed by atoms with E-state index in [1.165, 1.54) is 9.13 Å². The Morgan fingerprint density at radius 2 is 2.04 bits per heavy atom. The predicted molar refractivity (Wildman–Crippen MR) is 103 cm³/mol. The average Bonchev–Trinajstić information content (AvgIpc) is 2.90. The fourth-order valence-electron chi connectivity index (χ4n) is 3.12. The number of halogens is 1. The second kappa shape index (κ2) is 6.99. The Hall–Kier alpha value is -3.36. The molecule has 1 N–H and O–H groups in total. The molecule has 1 aliphatic rings. The summed E-state index contributed by atoms with van der Waals surface area (Å²) >= 11 is 0. The molecule has 2 aromatic heterocycles. The summed E-state index contributed by atoms with van der Waals surface area (Å²) < 4.78 is 27.2. The van der Waals surface area contributed by atoms with Crippen LogP contribution in [-0.4, -0.2) is 32.3 Å². The van der Waals surface area contributed by atoms with E-state index in [2.05, 4.69) is 21.9 Å². The number of hydrogen-bond acceptors (Lipinski definition) is 6. The normalized spacial score (nSPS) is 13.0. The van der Waals surface area contributed by atoms with Crippen molar-refractivity contribution in [3.63, 3.8) is 0 Å². The third-order valence-corrected chi connectivity index (χ3v) is 4.63. The zero-order valence-electron chi connectivity index (χ0n) is 15.7. The first-order chi connectivity index (χ1) is 13.4. The summed E-state index contributed by atoms with van der Waals surface area (Å²) in [6.45, 7) is 6.36. The monoisotopic (exact) mass is 385 g/mol. The zero-order chi connectivity index (χ0) is 19.8. The average molecular weight is 385 g/mol. The minimum atomic E-state index is -0.483. The fraction of sp³-hybridized carbons (Fsp3) is 0.316. The summed E-state index contributed by atoms with van der Waals surface area (Å²) in [5, 5.41) is 3.16. The molecule has 0 atom stereocenters. The van der Waals surface area contributed by atoms with Gasteiger partial charge in [-0.25, -0.2) is 14.2 Å². The van der Waals surface area contributed by atoms with E-state index >= 15 is 0 Å². The lowest BCUT2D eigenvalue weighted by Gasteiger charge is -2.20. The highest BCUT2D eigenvalue weighted by atomic mass is 19.1. The van der Waals surface area contributed by atoms with Gasteiger partial charge in [0.1, 0.15) is 18.7 Å². The van der Waals surface area contributed by atoms with Crippen molar-refractivity contribution in [2.24, 2.45) is 7.05 Å². The SMILES string of the molecule is C=C(F)CCn1c(=O)n(C)c2cnc(Nc3cc4c(cc3C)OCCO4)nc21. The maximum atomic E-state index is 13.1. The van der Waals surface area contributed by atoms with Gasteiger partial charge in [0, 0.05) is 31.8 Å². The van der Waals surface area contributed by atoms with Gasteiger partial charge < -0.3 is 14.8 Å². The highest BCUT2D eigenvalue weighted by Crippen LogP contribution is 2.36. The number of allylic oxidation sites excluding steroid dienone is 1. The van der Waals surface area contributed by atoms with Gasteiger partial charge in [-0.3, -0.25) is 9.13 Å². The number of benzene rings is 1. The van der Waals surface area contributed by atoms with Crippen LogP contribution in [0.4, 0.5) is 16.0 Å². The van der Waals surface area contributed by atoms with Crippen molar-refractivity contribution in [2.45, 2.75) is 19.9 Å². The highest BCUT2D eigenvalue weighted by Gasteiger charge is 2.17. The Kier molecular flexibility index (Phi) is 4.50. The molecule has 28 heavy (non-hydrogen) atoms. The van der Waals surface area contributed by atoms with Crippen molar-refractivity contribution in [2.75, 3.05) is 18.5 Å². The van der Waals surface area contributed by atoms with Crippen molar-refractivity contribution in [3.05, 3.63) is 46.8 Å². The molecular weight excluding hydrogens is 365 g/mol. The van der Waals surface area contributed by atoms with Gasteiger partial charge in [-0.05, 0) is 18.6 Å². The molecule has 0 aliphatic carbocycles. The standard InChI is InChI=1S/C19H20FN5O3/c1-11-8-15-16(28-7-6-27-15)9-13(11)22-18-21-10-14-17(23-18)25(5-4-12(2)20)19(26)24(14)3/h8-10H,2,4-7H2,1,3H3,(H,21,22,23). The minimum Gasteiger partial charge on any atom is -0.486 e. The first-order valence-corrected chi connectivity index (χ1v) is 8.87. The number of anilines is 2. The van der Waals surface area contributed by atoms with Gasteiger partial charge in [0.05, 0.1) is 12.0 Å². The largest absolute Gasteiger partial charge is 0.486 e. The zero-order valence-corrected chi connectivity index (χ0v) is 15.7. The van der Waals surface area contributed by atoms with Gasteiger partial charge in [0.15, 0.2) is 17.1 Å². The van der Waals surface area contributed by atoms with Gasteiger partial charge in [-0.15, -0.1) is 0 Å². The summed E-state index contributed by atoms with van der Waals surface area (Å²) in [6.07, 6.45) is 1.62. The van der Waals surface area contributed by atoms with Crippen molar-refractivity contribution in [1.82, 2.24) is 19.1 Å². The summed E-state index contributed by atoms with van der Waals surface area (Å²) in [5.74, 6) is 1.20. The summed E-state index contributed by atoms with van der Waals surface area (Å²) in [4.78, 5) is 21.2. The lowest BCUT2D eigenvalue weighted by Crippen LogP contribution is -2.22. The van der Waals surface area contributed by atoms with Gasteiger partial charge >= 0.3 is 5.69 Å². The molecule has 0 fully saturated rings. The second-order valence-corrected chi connectivity index (χ2v) is 6.60. The quantitative estimate of drug-likeness (QED) is 0.727. The van der Waals surface area contributed by atoms with E-state index in [0.717, 1.165) is 11.3 Å². The first-order valence-electron chi connectivity index (χ1n) is 8.87. The number of ether oxygens (including phenoxy) is 2. The predicted octanol–water partition coefficient (Wildman–Crippen LogP) is 2.83. The van der Waals surface area contributed by atoms with E-state index in [4.69, 9.17) is 9.47 Å². The molecule has 0 saturated carbocycles. The van der Waals surface area contributed by atoms with Gasteiger partial charge in [-0.1, -0.05) is 6.58 Å². The molecule has 9 heteroatoms. The van der Waals surface area contributed by atoms with Crippen LogP contribution in [0.15, 0.2) is 35.5 Å². The molecule has 0 unspecified atom stereocenters. The number of rotatable bonds is 5. The van der Waals surface area contributed by atoms with E-state index in [9.17, 15) is 9.18 Å². The van der Waals surface area contributed by atoms with Crippen LogP contribution in [0.3, 0.4) is 0 Å². The van der Waals surface area contributed by atoms with Gasteiger partial charge in [0.25, 0.3) is 0 Å². The number of nitrogens with one attached hydrogen (secondary N) is 1. The molecule has 1 aromatic carbocycles. The Balaban J connectivity index is 1.71. The van der Waals surface area contributed by atoms with Crippen LogP contribution in [-0.2, 0) is 13.6 Å². The van der Waals surface area contributed by atoms with Crippen molar-refractivity contribution < 1.29 is 13.9 Å². The number of imidazole rings is 1. The van der Waals surface area contributed by atoms with Crippen LogP contribution in [0.2, 0.25) is 0 Å². The Morgan fingerprint density at radius 1 is 1.32 bits per heavy atom. The molecule has 0 bridgehead atoms. The van der Waals surface area contributed by atoms with Crippen LogP contribution in [0.1, 0.15) is 12.0 Å². The van der Waals surface area contributed by atoms with Crippen molar-refractivity contribution in [1.29, 1.82) is 0 Å². The smallest absolute Gasteiger partial charge is 0.330 e. The maximum Gasteiger partial charge on any atom is 0.330 e. The van der Waals surface area contributed by atoms with Crippen LogP contribution in [0.25, 0.3) is 11.2 Å². The van der Waals surface area contributed by atoms with Crippen molar-refractivity contribution in [3.8, 4) is 11.5 Å². The molecule has 146 valence electrons. The number of aryl methyl sites for hydroxylation is 3. The molecule has 3 aromatic rings. The van der Waals surface area contributed by atoms with E-state index in [0.29, 0.717) is 41.8 Å². The summed E-state index contributed by atoms with van der Waals surface area (Å²) in [6, 6.07) is 3.73. The molecule has 3 heterocycles. The Bertz CT molecular complexity index is 1130. The molecule has 0 radical (unpaired) electrons. The molecular formula is C19H20FN5O3. The number of hydrogen-bond donors (Lipinski definition) is 1. The molecule has 0 amide bonds. The lowest BCUT2D eigenvalue weighted by atomic mass is 10.1. The minimum absolute atomic E-state index is 0.0487. The van der Waals surface area contributed by atoms with Crippen LogP contribution < -0.4 is 20.5 Å². The topological polar surface area (TPSA) is 83.2 Å². The maximum absolute atomic E-state index is 13.1. The number of fused-ring (bicyclic) bond motifs is 2. The first kappa shape index (κ1) is 18.0.